The summed E-state index contributed by atoms with van der Waals surface area (Å²) in [6.07, 6.45) is 3.49. The number of hydrogen-bond donors (Lipinski definition) is 0. The zero-order valence-electron chi connectivity index (χ0n) is 10.2. The number of anilines is 1. The van der Waals surface area contributed by atoms with Crippen LogP contribution in [0.15, 0.2) is 66.5 Å². The predicted molar refractivity (Wildman–Crippen MR) is 71.3 cm³/mol. The zero-order valence-corrected chi connectivity index (χ0v) is 10.2. The molecule has 1 amide bonds. The van der Waals surface area contributed by atoms with E-state index in [1.807, 2.05) is 6.07 Å². The predicted octanol–water partition coefficient (Wildman–Crippen LogP) is 2.57. The molecule has 1 heterocycles. The summed E-state index contributed by atoms with van der Waals surface area (Å²) >= 11 is 0. The summed E-state index contributed by atoms with van der Waals surface area (Å²) in [5.41, 5.74) is 0.766. The van der Waals surface area contributed by atoms with Crippen LogP contribution >= 0.6 is 0 Å². The molecule has 0 atom stereocenters. The van der Waals surface area contributed by atoms with Crippen molar-refractivity contribution < 1.29 is 14.0 Å². The van der Waals surface area contributed by atoms with Gasteiger partial charge in [-0.2, -0.15) is 0 Å². The summed E-state index contributed by atoms with van der Waals surface area (Å²) in [4.78, 5) is 24.9. The summed E-state index contributed by atoms with van der Waals surface area (Å²) in [6, 6.07) is 8.81. The molecule has 2 rings (SSSR count). The lowest BCUT2D eigenvalue weighted by atomic mass is 10.2. The smallest absolute Gasteiger partial charge is 0.299 e. The molecule has 1 aromatic rings. The molecule has 0 unspecified atom stereocenters. The second-order valence-corrected chi connectivity index (χ2v) is 4.01. The highest BCUT2D eigenvalue weighted by Gasteiger charge is 2.35. The van der Waals surface area contributed by atoms with Crippen molar-refractivity contribution in [2.45, 2.75) is 0 Å². The number of carbonyl (C=O) groups excluding carboxylic acids is 2. The number of Topliss-reactive ketones (excluding diaryl/α,β-unsaturated/α-hetero) is 1. The van der Waals surface area contributed by atoms with Gasteiger partial charge in [-0.25, -0.2) is 4.39 Å². The first-order valence-electron chi connectivity index (χ1n) is 5.73. The monoisotopic (exact) mass is 257 g/mol. The lowest BCUT2D eigenvalue weighted by Crippen LogP contribution is -2.26. The molecule has 0 radical (unpaired) electrons. The number of amides is 1. The van der Waals surface area contributed by atoms with Gasteiger partial charge in [0, 0.05) is 11.3 Å². The number of ketones is 1. The molecule has 1 saturated heterocycles. The topological polar surface area (TPSA) is 37.4 Å². The minimum atomic E-state index is -0.670. The third kappa shape index (κ3) is 2.68. The van der Waals surface area contributed by atoms with E-state index in [0.717, 1.165) is 12.2 Å². The van der Waals surface area contributed by atoms with Gasteiger partial charge in [-0.05, 0) is 24.3 Å². The van der Waals surface area contributed by atoms with Crippen molar-refractivity contribution in [1.29, 1.82) is 0 Å². The van der Waals surface area contributed by atoms with Gasteiger partial charge in [0.25, 0.3) is 5.91 Å². The van der Waals surface area contributed by atoms with Gasteiger partial charge in [0.1, 0.15) is 5.83 Å². The third-order valence-corrected chi connectivity index (χ3v) is 2.72. The molecule has 1 aromatic carbocycles. The largest absolute Gasteiger partial charge is 0.301 e. The average molecular weight is 257 g/mol. The Morgan fingerprint density at radius 3 is 2.58 bits per heavy atom. The number of hydrogen-bond acceptors (Lipinski definition) is 2. The first-order valence-corrected chi connectivity index (χ1v) is 5.73. The molecular formula is C15H12FNO2. The maximum atomic E-state index is 13.3. The van der Waals surface area contributed by atoms with Gasteiger partial charge in [-0.1, -0.05) is 30.9 Å². The van der Waals surface area contributed by atoms with Gasteiger partial charge >= 0.3 is 0 Å². The maximum absolute atomic E-state index is 13.3. The molecular weight excluding hydrogens is 245 g/mol. The third-order valence-electron chi connectivity index (χ3n) is 2.72. The van der Waals surface area contributed by atoms with Gasteiger partial charge in [0.2, 0.25) is 5.78 Å². The molecule has 0 N–H and O–H groups in total. The highest BCUT2D eigenvalue weighted by Crippen LogP contribution is 2.23. The van der Waals surface area contributed by atoms with Crippen molar-refractivity contribution in [3.8, 4) is 0 Å². The summed E-state index contributed by atoms with van der Waals surface area (Å²) < 4.78 is 13.3. The van der Waals surface area contributed by atoms with Gasteiger partial charge in [-0.3, -0.25) is 9.59 Å². The fraction of sp³-hybridized carbons (Fsp3) is 0.0667. The SMILES string of the molecule is C=C/C=C(F)\C=C1/CN(c2ccccc2)C(=O)C1=O. The number of carbonyl (C=O) groups is 2. The van der Waals surface area contributed by atoms with Crippen molar-refractivity contribution in [2.75, 3.05) is 11.4 Å². The highest BCUT2D eigenvalue weighted by molar-refractivity contribution is 6.50. The van der Waals surface area contributed by atoms with Crippen LogP contribution in [0.1, 0.15) is 0 Å². The van der Waals surface area contributed by atoms with E-state index in [-0.39, 0.29) is 12.1 Å². The highest BCUT2D eigenvalue weighted by atomic mass is 19.1. The number of allylic oxidation sites excluding steroid dienone is 4. The number of nitrogens with zero attached hydrogens (tertiary/aromatic N) is 1. The molecule has 1 aliphatic rings. The Bertz CT molecular complexity index is 587. The fourth-order valence-corrected chi connectivity index (χ4v) is 1.83. The van der Waals surface area contributed by atoms with Crippen LogP contribution in [0.4, 0.5) is 10.1 Å². The van der Waals surface area contributed by atoms with Crippen molar-refractivity contribution >= 4 is 17.4 Å². The molecule has 19 heavy (non-hydrogen) atoms. The van der Waals surface area contributed by atoms with E-state index in [4.69, 9.17) is 0 Å². The molecule has 0 spiro atoms. The Kier molecular flexibility index (Phi) is 3.71. The molecule has 0 aromatic heterocycles. The molecule has 0 saturated carbocycles. The number of para-hydroxylation sites is 1. The Balaban J connectivity index is 2.30. The van der Waals surface area contributed by atoms with Gasteiger partial charge in [0.05, 0.1) is 6.54 Å². The minimum Gasteiger partial charge on any atom is -0.301 e. The van der Waals surface area contributed by atoms with Crippen LogP contribution in [-0.4, -0.2) is 18.2 Å². The quantitative estimate of drug-likeness (QED) is 0.474. The van der Waals surface area contributed by atoms with E-state index in [2.05, 4.69) is 6.58 Å². The van der Waals surface area contributed by atoms with Crippen molar-refractivity contribution in [1.82, 2.24) is 0 Å². The normalized spacial score (nSPS) is 18.3. The van der Waals surface area contributed by atoms with Gasteiger partial charge in [0.15, 0.2) is 0 Å². The Labute approximate surface area is 110 Å². The molecule has 0 aliphatic carbocycles. The first kappa shape index (κ1) is 13.0. The van der Waals surface area contributed by atoms with Crippen LogP contribution in [0, 0.1) is 0 Å². The van der Waals surface area contributed by atoms with Crippen LogP contribution in [0.25, 0.3) is 0 Å². The van der Waals surface area contributed by atoms with Crippen LogP contribution in [-0.2, 0) is 9.59 Å². The summed E-state index contributed by atoms with van der Waals surface area (Å²) in [5, 5.41) is 0. The van der Waals surface area contributed by atoms with Crippen LogP contribution in [0.3, 0.4) is 0 Å². The van der Waals surface area contributed by atoms with E-state index in [1.54, 1.807) is 24.3 Å². The maximum Gasteiger partial charge on any atom is 0.299 e. The minimum absolute atomic E-state index is 0.0834. The van der Waals surface area contributed by atoms with E-state index in [9.17, 15) is 14.0 Å². The van der Waals surface area contributed by atoms with Crippen LogP contribution in [0.5, 0.6) is 0 Å². The molecule has 96 valence electrons. The second-order valence-electron chi connectivity index (χ2n) is 4.01. The summed E-state index contributed by atoms with van der Waals surface area (Å²) in [5.74, 6) is -1.90. The first-order chi connectivity index (χ1) is 9.13. The van der Waals surface area contributed by atoms with E-state index < -0.39 is 17.5 Å². The number of rotatable bonds is 3. The Morgan fingerprint density at radius 1 is 1.26 bits per heavy atom. The summed E-state index contributed by atoms with van der Waals surface area (Å²) in [6.45, 7) is 3.45. The summed E-state index contributed by atoms with van der Waals surface area (Å²) in [7, 11) is 0. The van der Waals surface area contributed by atoms with Crippen molar-refractivity contribution in [3.63, 3.8) is 0 Å². The van der Waals surface area contributed by atoms with Gasteiger partial charge < -0.3 is 4.90 Å². The van der Waals surface area contributed by atoms with Crippen LogP contribution in [0.2, 0.25) is 0 Å². The molecule has 1 aliphatic heterocycles. The van der Waals surface area contributed by atoms with Crippen molar-refractivity contribution in [3.05, 3.63) is 66.5 Å². The lowest BCUT2D eigenvalue weighted by Gasteiger charge is -2.13. The molecule has 1 fully saturated rings. The van der Waals surface area contributed by atoms with Crippen molar-refractivity contribution in [2.24, 2.45) is 0 Å². The Morgan fingerprint density at radius 2 is 1.95 bits per heavy atom. The second kappa shape index (κ2) is 5.44. The molecule has 0 bridgehead atoms. The lowest BCUT2D eigenvalue weighted by molar-refractivity contribution is -0.132. The number of halogens is 1. The Hall–Kier alpha value is -2.49. The standard InChI is InChI=1S/C15H12FNO2/c1-2-6-12(16)9-11-10-17(15(19)14(11)18)13-7-4-3-5-8-13/h2-9H,1,10H2/b11-9+,12-6+. The van der Waals surface area contributed by atoms with E-state index >= 15 is 0 Å². The molecule has 3 nitrogen and oxygen atoms in total. The van der Waals surface area contributed by atoms with Gasteiger partial charge in [-0.15, -0.1) is 0 Å². The number of benzene rings is 1. The molecule has 4 heteroatoms. The zero-order chi connectivity index (χ0) is 13.8. The average Bonchev–Trinajstić information content (AvgIpc) is 2.68. The van der Waals surface area contributed by atoms with E-state index in [0.29, 0.717) is 5.69 Å². The van der Waals surface area contributed by atoms with E-state index in [1.165, 1.54) is 11.0 Å². The fourth-order valence-electron chi connectivity index (χ4n) is 1.83. The van der Waals surface area contributed by atoms with Crippen LogP contribution < -0.4 is 4.90 Å².